The van der Waals surface area contributed by atoms with Gasteiger partial charge in [0.05, 0.1) is 11.9 Å². The molecule has 1 unspecified atom stereocenters. The van der Waals surface area contributed by atoms with Gasteiger partial charge in [-0.05, 0) is 49.3 Å². The number of anilines is 1. The van der Waals surface area contributed by atoms with Crippen molar-refractivity contribution in [1.29, 1.82) is 0 Å². The average Bonchev–Trinajstić information content (AvgIpc) is 2.51. The molecule has 1 heterocycles. The summed E-state index contributed by atoms with van der Waals surface area (Å²) in [5, 5.41) is 9.50. The standard InChI is InChI=1S/C16H18ClN3O/c1-10(19-14-9-18-20-16(21)15(14)17)12-7-6-11-4-2-3-5-13(11)8-12/h6-10H,2-5H2,1H3,(H2,19,20,21). The number of rotatable bonds is 3. The SMILES string of the molecule is CC(Nc1cn[nH]c(=O)c1Cl)c1ccc2c(c1)CCCC2. The van der Waals surface area contributed by atoms with Crippen LogP contribution < -0.4 is 10.9 Å². The highest BCUT2D eigenvalue weighted by molar-refractivity contribution is 6.32. The third-order valence-electron chi connectivity index (χ3n) is 4.04. The fourth-order valence-corrected chi connectivity index (χ4v) is 2.97. The Morgan fingerprint density at radius 1 is 1.29 bits per heavy atom. The first-order chi connectivity index (χ1) is 10.1. The number of benzene rings is 1. The van der Waals surface area contributed by atoms with Crippen molar-refractivity contribution in [3.05, 3.63) is 56.5 Å². The van der Waals surface area contributed by atoms with Crippen LogP contribution in [0.25, 0.3) is 0 Å². The topological polar surface area (TPSA) is 57.8 Å². The van der Waals surface area contributed by atoms with Crippen LogP contribution in [-0.4, -0.2) is 10.2 Å². The summed E-state index contributed by atoms with van der Waals surface area (Å²) >= 11 is 5.99. The van der Waals surface area contributed by atoms with Crippen molar-refractivity contribution in [1.82, 2.24) is 10.2 Å². The van der Waals surface area contributed by atoms with Crippen molar-refractivity contribution < 1.29 is 0 Å². The molecule has 5 heteroatoms. The molecule has 1 aromatic heterocycles. The van der Waals surface area contributed by atoms with E-state index in [1.54, 1.807) is 6.20 Å². The van der Waals surface area contributed by atoms with Crippen molar-refractivity contribution in [2.24, 2.45) is 0 Å². The minimum absolute atomic E-state index is 0.0679. The number of aryl methyl sites for hydroxylation is 2. The van der Waals surface area contributed by atoms with Gasteiger partial charge >= 0.3 is 0 Å². The van der Waals surface area contributed by atoms with Crippen LogP contribution in [0, 0.1) is 0 Å². The third-order valence-corrected chi connectivity index (χ3v) is 4.42. The smallest absolute Gasteiger partial charge is 0.285 e. The molecule has 1 aliphatic rings. The molecule has 4 nitrogen and oxygen atoms in total. The lowest BCUT2D eigenvalue weighted by Crippen LogP contribution is -2.14. The molecule has 21 heavy (non-hydrogen) atoms. The molecule has 2 aromatic rings. The van der Waals surface area contributed by atoms with E-state index in [0.717, 1.165) is 6.42 Å². The molecule has 0 spiro atoms. The van der Waals surface area contributed by atoms with Crippen LogP contribution in [0.5, 0.6) is 0 Å². The average molecular weight is 304 g/mol. The van der Waals surface area contributed by atoms with E-state index in [1.165, 1.54) is 36.0 Å². The van der Waals surface area contributed by atoms with Gasteiger partial charge in [-0.1, -0.05) is 29.8 Å². The van der Waals surface area contributed by atoms with Gasteiger partial charge in [-0.15, -0.1) is 0 Å². The molecule has 0 radical (unpaired) electrons. The number of hydrogen-bond acceptors (Lipinski definition) is 3. The highest BCUT2D eigenvalue weighted by Crippen LogP contribution is 2.27. The minimum atomic E-state index is -0.376. The van der Waals surface area contributed by atoms with Crippen molar-refractivity contribution in [2.45, 2.75) is 38.6 Å². The summed E-state index contributed by atoms with van der Waals surface area (Å²) in [5.74, 6) is 0. The van der Waals surface area contributed by atoms with Crippen LogP contribution in [0.2, 0.25) is 5.02 Å². The van der Waals surface area contributed by atoms with Crippen LogP contribution >= 0.6 is 11.6 Å². The maximum Gasteiger partial charge on any atom is 0.285 e. The van der Waals surface area contributed by atoms with Gasteiger partial charge in [0.1, 0.15) is 5.02 Å². The second-order valence-electron chi connectivity index (χ2n) is 5.53. The summed E-state index contributed by atoms with van der Waals surface area (Å²) < 4.78 is 0. The molecule has 1 aliphatic carbocycles. The summed E-state index contributed by atoms with van der Waals surface area (Å²) in [6, 6.07) is 6.70. The Balaban J connectivity index is 1.83. The summed E-state index contributed by atoms with van der Waals surface area (Å²) in [5.41, 5.74) is 4.30. The number of aromatic nitrogens is 2. The number of H-pyrrole nitrogens is 1. The van der Waals surface area contributed by atoms with Crippen molar-refractivity contribution in [3.63, 3.8) is 0 Å². The maximum atomic E-state index is 11.5. The molecule has 0 saturated heterocycles. The van der Waals surface area contributed by atoms with E-state index in [-0.39, 0.29) is 16.6 Å². The van der Waals surface area contributed by atoms with Gasteiger partial charge in [0.2, 0.25) is 0 Å². The number of hydrogen-bond donors (Lipinski definition) is 2. The highest BCUT2D eigenvalue weighted by Gasteiger charge is 2.14. The molecular formula is C16H18ClN3O. The lowest BCUT2D eigenvalue weighted by molar-refractivity contribution is 0.683. The zero-order valence-corrected chi connectivity index (χ0v) is 12.7. The molecule has 110 valence electrons. The monoisotopic (exact) mass is 303 g/mol. The van der Waals surface area contributed by atoms with E-state index in [2.05, 4.69) is 40.6 Å². The maximum absolute atomic E-state index is 11.5. The van der Waals surface area contributed by atoms with Gasteiger partial charge < -0.3 is 5.32 Å². The Kier molecular flexibility index (Phi) is 3.97. The molecule has 0 fully saturated rings. The quantitative estimate of drug-likeness (QED) is 0.912. The molecular weight excluding hydrogens is 286 g/mol. The summed E-state index contributed by atoms with van der Waals surface area (Å²) in [6.07, 6.45) is 6.43. The van der Waals surface area contributed by atoms with Crippen LogP contribution in [0.1, 0.15) is 42.5 Å². The van der Waals surface area contributed by atoms with E-state index in [9.17, 15) is 4.79 Å². The molecule has 3 rings (SSSR count). The molecule has 0 aliphatic heterocycles. The first-order valence-electron chi connectivity index (χ1n) is 7.26. The molecule has 1 atom stereocenters. The van der Waals surface area contributed by atoms with E-state index < -0.39 is 0 Å². The number of halogens is 1. The minimum Gasteiger partial charge on any atom is -0.376 e. The van der Waals surface area contributed by atoms with Crippen LogP contribution in [0.3, 0.4) is 0 Å². The van der Waals surface area contributed by atoms with Gasteiger partial charge in [0, 0.05) is 6.04 Å². The number of nitrogens with zero attached hydrogens (tertiary/aromatic N) is 1. The van der Waals surface area contributed by atoms with Crippen molar-refractivity contribution in [3.8, 4) is 0 Å². The fraction of sp³-hybridized carbons (Fsp3) is 0.375. The summed E-state index contributed by atoms with van der Waals surface area (Å²) in [4.78, 5) is 11.5. The van der Waals surface area contributed by atoms with Crippen LogP contribution in [-0.2, 0) is 12.8 Å². The highest BCUT2D eigenvalue weighted by atomic mass is 35.5. The lowest BCUT2D eigenvalue weighted by Gasteiger charge is -2.20. The first kappa shape index (κ1) is 14.1. The van der Waals surface area contributed by atoms with Gasteiger partial charge in [-0.25, -0.2) is 5.10 Å². The van der Waals surface area contributed by atoms with Gasteiger partial charge in [0.15, 0.2) is 0 Å². The first-order valence-corrected chi connectivity index (χ1v) is 7.64. The fourth-order valence-electron chi connectivity index (χ4n) is 2.82. The van der Waals surface area contributed by atoms with E-state index in [4.69, 9.17) is 11.6 Å². The summed E-state index contributed by atoms with van der Waals surface area (Å²) in [6.45, 7) is 2.06. The molecule has 0 saturated carbocycles. The molecule has 0 amide bonds. The van der Waals surface area contributed by atoms with Crippen LogP contribution in [0.15, 0.2) is 29.2 Å². The van der Waals surface area contributed by atoms with Gasteiger partial charge in [0.25, 0.3) is 5.56 Å². The molecule has 1 aromatic carbocycles. The van der Waals surface area contributed by atoms with E-state index in [1.807, 2.05) is 0 Å². The zero-order chi connectivity index (χ0) is 14.8. The predicted octanol–water partition coefficient (Wildman–Crippen LogP) is 3.48. The Morgan fingerprint density at radius 3 is 2.86 bits per heavy atom. The van der Waals surface area contributed by atoms with Crippen molar-refractivity contribution >= 4 is 17.3 Å². The molecule has 0 bridgehead atoms. The number of fused-ring (bicyclic) bond motifs is 1. The Morgan fingerprint density at radius 2 is 2.05 bits per heavy atom. The van der Waals surface area contributed by atoms with Crippen LogP contribution in [0.4, 0.5) is 5.69 Å². The van der Waals surface area contributed by atoms with Gasteiger partial charge in [-0.2, -0.15) is 5.10 Å². The lowest BCUT2D eigenvalue weighted by atomic mass is 9.89. The van der Waals surface area contributed by atoms with E-state index in [0.29, 0.717) is 5.69 Å². The second kappa shape index (κ2) is 5.90. The zero-order valence-electron chi connectivity index (χ0n) is 11.9. The predicted molar refractivity (Wildman–Crippen MR) is 85.0 cm³/mol. The Labute approximate surface area is 128 Å². The third kappa shape index (κ3) is 2.95. The second-order valence-corrected chi connectivity index (χ2v) is 5.91. The normalized spacial score (nSPS) is 15.3. The Hall–Kier alpha value is -1.81. The number of aromatic amines is 1. The largest absolute Gasteiger partial charge is 0.376 e. The van der Waals surface area contributed by atoms with E-state index >= 15 is 0 Å². The van der Waals surface area contributed by atoms with Crippen molar-refractivity contribution in [2.75, 3.05) is 5.32 Å². The summed E-state index contributed by atoms with van der Waals surface area (Å²) in [7, 11) is 0. The number of nitrogens with one attached hydrogen (secondary N) is 2. The molecule has 2 N–H and O–H groups in total. The Bertz CT molecular complexity index is 711. The van der Waals surface area contributed by atoms with Gasteiger partial charge in [-0.3, -0.25) is 4.79 Å².